The smallest absolute Gasteiger partial charge is 0.325 e. The van der Waals surface area contributed by atoms with Crippen LogP contribution in [0.5, 0.6) is 0 Å². The summed E-state index contributed by atoms with van der Waals surface area (Å²) >= 11 is 0. The molecule has 2 N–H and O–H groups in total. The second-order valence-corrected chi connectivity index (χ2v) is 6.76. The first-order chi connectivity index (χ1) is 13.5. The molecule has 2 aliphatic heterocycles. The van der Waals surface area contributed by atoms with Crippen molar-refractivity contribution in [3.05, 3.63) is 52.6 Å². The maximum absolute atomic E-state index is 13.7. The first-order valence-corrected chi connectivity index (χ1v) is 8.80. The predicted octanol–water partition coefficient (Wildman–Crippen LogP) is 1.18. The Morgan fingerprint density at radius 3 is 2.82 bits per heavy atom. The molecule has 1 atom stereocenters. The van der Waals surface area contributed by atoms with Gasteiger partial charge in [0.05, 0.1) is 12.7 Å². The van der Waals surface area contributed by atoms with Gasteiger partial charge < -0.3 is 15.2 Å². The molecule has 0 saturated heterocycles. The number of hydrogen-bond acceptors (Lipinski definition) is 7. The van der Waals surface area contributed by atoms with Gasteiger partial charge in [-0.15, -0.1) is 0 Å². The van der Waals surface area contributed by atoms with Gasteiger partial charge in [0.25, 0.3) is 0 Å². The van der Waals surface area contributed by atoms with E-state index in [1.165, 1.54) is 12.0 Å². The van der Waals surface area contributed by atoms with E-state index in [0.29, 0.717) is 29.9 Å². The highest BCUT2D eigenvalue weighted by molar-refractivity contribution is 6.20. The van der Waals surface area contributed by atoms with Crippen LogP contribution < -0.4 is 10.6 Å². The van der Waals surface area contributed by atoms with Crippen molar-refractivity contribution >= 4 is 23.3 Å². The second kappa shape index (κ2) is 6.23. The molecule has 0 saturated carbocycles. The summed E-state index contributed by atoms with van der Waals surface area (Å²) in [5, 5.41) is 9.86. The Labute approximate surface area is 160 Å². The van der Waals surface area contributed by atoms with Crippen LogP contribution in [0.3, 0.4) is 0 Å². The number of hydrogen-bond donors (Lipinski definition) is 1. The number of amides is 1. The van der Waals surface area contributed by atoms with Gasteiger partial charge in [-0.3, -0.25) is 19.3 Å². The number of benzene rings is 1. The Bertz CT molecular complexity index is 1030. The third-order valence-corrected chi connectivity index (χ3v) is 5.39. The lowest BCUT2D eigenvalue weighted by atomic mass is 9.65. The number of para-hydroxylation sites is 1. The quantitative estimate of drug-likeness (QED) is 0.765. The Balaban J connectivity index is 2.05. The number of nitrogens with zero attached hydrogens (tertiary/aromatic N) is 2. The minimum atomic E-state index is -1.70. The molecule has 8 heteroatoms. The normalized spacial score (nSPS) is 23.4. The van der Waals surface area contributed by atoms with E-state index in [1.807, 2.05) is 6.07 Å². The average molecular weight is 379 g/mol. The van der Waals surface area contributed by atoms with Gasteiger partial charge in [-0.05, 0) is 12.5 Å². The summed E-state index contributed by atoms with van der Waals surface area (Å²) < 4.78 is 10.3. The van der Waals surface area contributed by atoms with Crippen LogP contribution in [0.1, 0.15) is 24.8 Å². The topological polar surface area (TPSA) is 123 Å². The minimum absolute atomic E-state index is 0.133. The van der Waals surface area contributed by atoms with Gasteiger partial charge in [-0.25, -0.2) is 0 Å². The van der Waals surface area contributed by atoms with E-state index in [2.05, 4.69) is 0 Å². The number of nitrogens with two attached hydrogens (primary N) is 1. The number of methoxy groups -OCH3 is 1. The van der Waals surface area contributed by atoms with Crippen molar-refractivity contribution in [2.24, 2.45) is 5.73 Å². The molecule has 2 heterocycles. The summed E-state index contributed by atoms with van der Waals surface area (Å²) in [6.07, 6.45) is 1.26. The third kappa shape index (κ3) is 2.13. The van der Waals surface area contributed by atoms with Gasteiger partial charge in [0.2, 0.25) is 11.8 Å². The molecular formula is C20H17N3O5. The highest BCUT2D eigenvalue weighted by Crippen LogP contribution is 2.55. The molecule has 1 aromatic carbocycles. The van der Waals surface area contributed by atoms with E-state index in [1.54, 1.807) is 24.3 Å². The van der Waals surface area contributed by atoms with Gasteiger partial charge in [-0.2, -0.15) is 5.26 Å². The molecule has 0 fully saturated rings. The molecule has 1 aromatic rings. The zero-order valence-corrected chi connectivity index (χ0v) is 15.2. The van der Waals surface area contributed by atoms with Crippen LogP contribution in [0.15, 0.2) is 47.1 Å². The van der Waals surface area contributed by atoms with Crippen LogP contribution in [0, 0.1) is 11.3 Å². The van der Waals surface area contributed by atoms with Crippen molar-refractivity contribution in [3.63, 3.8) is 0 Å². The summed E-state index contributed by atoms with van der Waals surface area (Å²) in [6.45, 7) is -0.343. The second-order valence-electron chi connectivity index (χ2n) is 6.76. The van der Waals surface area contributed by atoms with Gasteiger partial charge >= 0.3 is 5.97 Å². The number of Topliss-reactive ketones (excluding diaryl/α,β-unsaturated/α-hetero) is 1. The standard InChI is InChI=1S/C20H17N3O5/c1-27-16(25)10-23-13-6-3-2-5-11(13)20(19(23)26)12(9-21)18(22)28-15-8-4-7-14(24)17(15)20/h2-3,5-6H,4,7-8,10,22H2,1H3. The lowest BCUT2D eigenvalue weighted by molar-refractivity contribution is -0.140. The van der Waals surface area contributed by atoms with Crippen molar-refractivity contribution in [1.82, 2.24) is 0 Å². The molecule has 3 aliphatic rings. The number of carbonyl (C=O) groups is 3. The molecule has 0 bridgehead atoms. The highest BCUT2D eigenvalue weighted by atomic mass is 16.5. The first-order valence-electron chi connectivity index (χ1n) is 8.80. The molecule has 1 amide bonds. The molecular weight excluding hydrogens is 362 g/mol. The van der Waals surface area contributed by atoms with Crippen LogP contribution in [0.4, 0.5) is 5.69 Å². The molecule has 0 aromatic heterocycles. The fourth-order valence-electron chi connectivity index (χ4n) is 4.25. The summed E-state index contributed by atoms with van der Waals surface area (Å²) in [5.74, 6) is -1.34. The Kier molecular flexibility index (Phi) is 3.96. The SMILES string of the molecule is COC(=O)CN1C(=O)C2(C(C#N)=C(N)OC3=C2C(=O)CCC3)c2ccccc21. The molecule has 28 heavy (non-hydrogen) atoms. The van der Waals surface area contributed by atoms with Crippen molar-refractivity contribution in [3.8, 4) is 6.07 Å². The zero-order chi connectivity index (χ0) is 20.1. The maximum Gasteiger partial charge on any atom is 0.325 e. The highest BCUT2D eigenvalue weighted by Gasteiger charge is 2.62. The first kappa shape index (κ1) is 17.8. The minimum Gasteiger partial charge on any atom is -0.468 e. The van der Waals surface area contributed by atoms with Crippen molar-refractivity contribution in [2.75, 3.05) is 18.6 Å². The summed E-state index contributed by atoms with van der Waals surface area (Å²) in [6, 6.07) is 8.74. The number of ketones is 1. The molecule has 1 spiro atoms. The third-order valence-electron chi connectivity index (χ3n) is 5.39. The summed E-state index contributed by atoms with van der Waals surface area (Å²) in [5.41, 5.74) is 5.21. The van der Waals surface area contributed by atoms with E-state index in [4.69, 9.17) is 15.2 Å². The van der Waals surface area contributed by atoms with Gasteiger partial charge in [0.1, 0.15) is 29.4 Å². The Morgan fingerprint density at radius 1 is 1.36 bits per heavy atom. The zero-order valence-electron chi connectivity index (χ0n) is 15.2. The van der Waals surface area contributed by atoms with Crippen molar-refractivity contribution in [2.45, 2.75) is 24.7 Å². The molecule has 1 aliphatic carbocycles. The van der Waals surface area contributed by atoms with E-state index < -0.39 is 17.3 Å². The number of carbonyl (C=O) groups excluding carboxylic acids is 3. The molecule has 0 radical (unpaired) electrons. The lowest BCUT2D eigenvalue weighted by Gasteiger charge is -2.37. The summed E-state index contributed by atoms with van der Waals surface area (Å²) in [4.78, 5) is 39.8. The van der Waals surface area contributed by atoms with E-state index in [0.717, 1.165) is 0 Å². The Morgan fingerprint density at radius 2 is 2.11 bits per heavy atom. The molecule has 142 valence electrons. The van der Waals surface area contributed by atoms with Crippen LogP contribution in [-0.4, -0.2) is 31.3 Å². The largest absolute Gasteiger partial charge is 0.468 e. The summed E-state index contributed by atoms with van der Waals surface area (Å²) in [7, 11) is 1.23. The predicted molar refractivity (Wildman–Crippen MR) is 96.3 cm³/mol. The molecule has 4 rings (SSSR count). The number of fused-ring (bicyclic) bond motifs is 3. The number of esters is 1. The van der Waals surface area contributed by atoms with Crippen LogP contribution >= 0.6 is 0 Å². The fourth-order valence-corrected chi connectivity index (χ4v) is 4.25. The number of ether oxygens (including phenoxy) is 2. The number of anilines is 1. The maximum atomic E-state index is 13.7. The lowest BCUT2D eigenvalue weighted by Crippen LogP contribution is -2.50. The molecule has 8 nitrogen and oxygen atoms in total. The number of nitriles is 1. The number of rotatable bonds is 2. The van der Waals surface area contributed by atoms with Gasteiger partial charge in [-0.1, -0.05) is 18.2 Å². The van der Waals surface area contributed by atoms with Crippen molar-refractivity contribution in [1.29, 1.82) is 5.26 Å². The number of allylic oxidation sites excluding steroid dienone is 1. The molecule has 1 unspecified atom stereocenters. The Hall–Kier alpha value is -3.60. The van der Waals surface area contributed by atoms with E-state index >= 15 is 0 Å². The van der Waals surface area contributed by atoms with E-state index in [9.17, 15) is 19.6 Å². The van der Waals surface area contributed by atoms with Crippen LogP contribution in [0.25, 0.3) is 0 Å². The van der Waals surface area contributed by atoms with Crippen LogP contribution in [-0.2, 0) is 29.3 Å². The fraction of sp³-hybridized carbons (Fsp3) is 0.300. The van der Waals surface area contributed by atoms with Crippen LogP contribution in [0.2, 0.25) is 0 Å². The monoisotopic (exact) mass is 379 g/mol. The van der Waals surface area contributed by atoms with E-state index in [-0.39, 0.29) is 35.8 Å². The average Bonchev–Trinajstić information content (AvgIpc) is 2.92. The van der Waals surface area contributed by atoms with Crippen molar-refractivity contribution < 1.29 is 23.9 Å². The van der Waals surface area contributed by atoms with Gasteiger partial charge in [0.15, 0.2) is 5.78 Å². The van der Waals surface area contributed by atoms with Gasteiger partial charge in [0, 0.05) is 24.1 Å².